The van der Waals surface area contributed by atoms with Crippen molar-refractivity contribution in [3.05, 3.63) is 107 Å². The molecular formula is C41H45N5O7S. The highest BCUT2D eigenvalue weighted by atomic mass is 32.2. The van der Waals surface area contributed by atoms with Gasteiger partial charge in [-0.25, -0.2) is 0 Å². The number of rotatable bonds is 14. The number of nitriles is 1. The van der Waals surface area contributed by atoms with Crippen LogP contribution in [0.4, 0.5) is 0 Å². The highest BCUT2D eigenvalue weighted by molar-refractivity contribution is 8.08. The van der Waals surface area contributed by atoms with Crippen LogP contribution in [0.3, 0.4) is 0 Å². The van der Waals surface area contributed by atoms with E-state index in [4.69, 9.17) is 14.2 Å². The number of benzene rings is 3. The van der Waals surface area contributed by atoms with Crippen molar-refractivity contribution in [2.45, 2.75) is 38.5 Å². The number of esters is 1. The van der Waals surface area contributed by atoms with Crippen molar-refractivity contribution in [2.75, 3.05) is 46.9 Å². The van der Waals surface area contributed by atoms with Crippen molar-refractivity contribution in [1.82, 2.24) is 20.4 Å². The Labute approximate surface area is 320 Å². The third-order valence-corrected chi connectivity index (χ3v) is 10.8. The van der Waals surface area contributed by atoms with Crippen molar-refractivity contribution in [3.8, 4) is 17.6 Å². The Hall–Kier alpha value is -5.58. The lowest BCUT2D eigenvalue weighted by Gasteiger charge is -2.29. The first kappa shape index (κ1) is 39.6. The average Bonchev–Trinajstić information content (AvgIpc) is 3.26. The first-order chi connectivity index (χ1) is 26.0. The molecule has 3 aromatic carbocycles. The van der Waals surface area contributed by atoms with Crippen LogP contribution < -0.4 is 20.1 Å². The fourth-order valence-corrected chi connectivity index (χ4v) is 7.67. The Bertz CT molecular complexity index is 1940. The minimum absolute atomic E-state index is 0.170. The molecule has 54 heavy (non-hydrogen) atoms. The van der Waals surface area contributed by atoms with Gasteiger partial charge in [-0.3, -0.25) is 19.2 Å². The molecule has 0 bridgehead atoms. The number of hydrogen-bond donors (Lipinski definition) is 2. The van der Waals surface area contributed by atoms with Gasteiger partial charge in [0.25, 0.3) is 11.8 Å². The number of carbonyl (C=O) groups is 4. The third-order valence-electron chi connectivity index (χ3n) is 9.27. The molecule has 0 saturated carbocycles. The van der Waals surface area contributed by atoms with E-state index in [1.807, 2.05) is 91.7 Å². The van der Waals surface area contributed by atoms with Crippen molar-refractivity contribution < 1.29 is 33.4 Å². The zero-order chi connectivity index (χ0) is 38.8. The Morgan fingerprint density at radius 3 is 2.31 bits per heavy atom. The van der Waals surface area contributed by atoms with Crippen LogP contribution in [0.5, 0.6) is 11.5 Å². The molecule has 0 saturated heterocycles. The predicted octanol–water partition coefficient (Wildman–Crippen LogP) is 5.15. The SMILES string of the molecule is COc1ccc([C@@H]2SC(c3ccccc3)=C(C)N(CCN(C)CCNC(=O)COc3ccc(C4=C(C)NC(=O)C(C#N)C4)cc3)C(=O)[C@@H]2OC(C)=O)cc1. The fourth-order valence-electron chi connectivity index (χ4n) is 6.27. The zero-order valence-corrected chi connectivity index (χ0v) is 31.9. The van der Waals surface area contributed by atoms with Crippen molar-refractivity contribution in [3.63, 3.8) is 0 Å². The number of allylic oxidation sites excluding steroid dienone is 3. The minimum Gasteiger partial charge on any atom is -0.497 e. The van der Waals surface area contributed by atoms with Gasteiger partial charge in [0.05, 0.1) is 18.4 Å². The monoisotopic (exact) mass is 751 g/mol. The average molecular weight is 752 g/mol. The molecule has 282 valence electrons. The Morgan fingerprint density at radius 1 is 0.981 bits per heavy atom. The van der Waals surface area contributed by atoms with Crippen LogP contribution in [-0.2, 0) is 23.9 Å². The molecule has 0 aliphatic carbocycles. The summed E-state index contributed by atoms with van der Waals surface area (Å²) in [5.41, 5.74) is 5.02. The van der Waals surface area contributed by atoms with Gasteiger partial charge in [0.2, 0.25) is 5.91 Å². The number of carbonyl (C=O) groups excluding carboxylic acids is 4. The summed E-state index contributed by atoms with van der Waals surface area (Å²) >= 11 is 1.50. The summed E-state index contributed by atoms with van der Waals surface area (Å²) in [6, 6.07) is 26.5. The largest absolute Gasteiger partial charge is 0.497 e. The summed E-state index contributed by atoms with van der Waals surface area (Å²) in [6.07, 6.45) is -0.728. The maximum absolute atomic E-state index is 14.3. The van der Waals surface area contributed by atoms with Crippen LogP contribution in [0, 0.1) is 17.2 Å². The van der Waals surface area contributed by atoms with Crippen molar-refractivity contribution >= 4 is 45.9 Å². The van der Waals surface area contributed by atoms with Gasteiger partial charge >= 0.3 is 5.97 Å². The second kappa shape index (κ2) is 18.4. The number of nitrogens with zero attached hydrogens (tertiary/aromatic N) is 3. The number of nitrogens with one attached hydrogen (secondary N) is 2. The van der Waals surface area contributed by atoms with E-state index >= 15 is 0 Å². The standard InChI is InChI=1S/C41H45N5O7S/c1-26-35(23-32(24-42)40(49)44-26)29-11-17-34(18-12-29)52-25-36(48)43-19-20-45(4)21-22-46-27(2)38(30-9-7-6-8-10-30)54-39(37(41(46)50)53-28(3)47)31-13-15-33(51-5)16-14-31/h6-18,32,37,39H,19-23,25H2,1-5H3,(H,43,48)(H,44,49)/t32?,37-,39+/m1/s1. The van der Waals surface area contributed by atoms with E-state index < -0.39 is 23.2 Å². The van der Waals surface area contributed by atoms with Crippen LogP contribution in [0.15, 0.2) is 90.3 Å². The summed E-state index contributed by atoms with van der Waals surface area (Å²) in [5, 5.41) is 14.4. The van der Waals surface area contributed by atoms with Gasteiger partial charge in [0.15, 0.2) is 12.7 Å². The van der Waals surface area contributed by atoms with E-state index in [0.717, 1.165) is 38.6 Å². The highest BCUT2D eigenvalue weighted by Crippen LogP contribution is 2.48. The predicted molar refractivity (Wildman–Crippen MR) is 207 cm³/mol. The summed E-state index contributed by atoms with van der Waals surface area (Å²) in [7, 11) is 3.50. The Morgan fingerprint density at radius 2 is 1.67 bits per heavy atom. The van der Waals surface area contributed by atoms with E-state index in [1.54, 1.807) is 31.1 Å². The lowest BCUT2D eigenvalue weighted by molar-refractivity contribution is -0.157. The third kappa shape index (κ3) is 9.89. The topological polar surface area (TPSA) is 150 Å². The van der Waals surface area contributed by atoms with Crippen LogP contribution in [0.2, 0.25) is 0 Å². The lowest BCUT2D eigenvalue weighted by atomic mass is 9.90. The van der Waals surface area contributed by atoms with E-state index in [2.05, 4.69) is 10.6 Å². The second-order valence-electron chi connectivity index (χ2n) is 13.1. The molecule has 0 aromatic heterocycles. The molecule has 3 amide bonds. The summed E-state index contributed by atoms with van der Waals surface area (Å²) in [4.78, 5) is 55.9. The van der Waals surface area contributed by atoms with Crippen molar-refractivity contribution in [1.29, 1.82) is 5.26 Å². The van der Waals surface area contributed by atoms with E-state index in [-0.39, 0.29) is 24.3 Å². The van der Waals surface area contributed by atoms with Gasteiger partial charge in [-0.1, -0.05) is 54.6 Å². The number of amides is 3. The molecule has 2 heterocycles. The quantitative estimate of drug-likeness (QED) is 0.212. The van der Waals surface area contributed by atoms with Gasteiger partial charge in [0, 0.05) is 49.4 Å². The molecule has 13 heteroatoms. The summed E-state index contributed by atoms with van der Waals surface area (Å²) < 4.78 is 16.8. The number of thioether (sulfide) groups is 1. The number of ether oxygens (including phenoxy) is 3. The molecule has 3 aromatic rings. The number of hydrogen-bond acceptors (Lipinski definition) is 10. The Balaban J connectivity index is 1.18. The molecule has 2 N–H and O–H groups in total. The molecule has 12 nitrogen and oxygen atoms in total. The van der Waals surface area contributed by atoms with Gasteiger partial charge < -0.3 is 34.6 Å². The first-order valence-electron chi connectivity index (χ1n) is 17.6. The molecule has 2 aliphatic rings. The summed E-state index contributed by atoms with van der Waals surface area (Å²) in [5.74, 6) is -0.956. The first-order valence-corrected chi connectivity index (χ1v) is 18.5. The maximum atomic E-state index is 14.3. The van der Waals surface area contributed by atoms with Gasteiger partial charge in [-0.15, -0.1) is 11.8 Å². The number of likely N-dealkylation sites (N-methyl/N-ethyl adjacent to an activating group) is 1. The van der Waals surface area contributed by atoms with E-state index in [1.165, 1.54) is 18.7 Å². The molecule has 2 aliphatic heterocycles. The smallest absolute Gasteiger partial charge is 0.303 e. The van der Waals surface area contributed by atoms with Crippen LogP contribution >= 0.6 is 11.8 Å². The molecule has 1 unspecified atom stereocenters. The van der Waals surface area contributed by atoms with Gasteiger partial charge in [-0.2, -0.15) is 5.26 Å². The van der Waals surface area contributed by atoms with Crippen LogP contribution in [0.1, 0.15) is 49.1 Å². The zero-order valence-electron chi connectivity index (χ0n) is 31.1. The molecule has 3 atom stereocenters. The van der Waals surface area contributed by atoms with Gasteiger partial charge in [0.1, 0.15) is 17.4 Å². The van der Waals surface area contributed by atoms with Crippen molar-refractivity contribution in [2.24, 2.45) is 5.92 Å². The van der Waals surface area contributed by atoms with E-state index in [0.29, 0.717) is 44.1 Å². The molecule has 5 rings (SSSR count). The lowest BCUT2D eigenvalue weighted by Crippen LogP contribution is -2.45. The van der Waals surface area contributed by atoms with E-state index in [9.17, 15) is 24.4 Å². The molecule has 0 fully saturated rings. The maximum Gasteiger partial charge on any atom is 0.303 e. The second-order valence-corrected chi connectivity index (χ2v) is 14.2. The highest BCUT2D eigenvalue weighted by Gasteiger charge is 2.41. The molecule has 0 radical (unpaired) electrons. The normalized spacial score (nSPS) is 18.8. The molecule has 0 spiro atoms. The number of methoxy groups -OCH3 is 1. The van der Waals surface area contributed by atoms with Crippen LogP contribution in [-0.4, -0.2) is 86.5 Å². The minimum atomic E-state index is -1.06. The molecular weight excluding hydrogens is 707 g/mol. The Kier molecular flexibility index (Phi) is 13.5. The fraction of sp³-hybridized carbons (Fsp3) is 0.341. The van der Waals surface area contributed by atoms with Gasteiger partial charge in [-0.05, 0) is 73.8 Å². The van der Waals surface area contributed by atoms with Crippen LogP contribution in [0.25, 0.3) is 10.5 Å². The summed E-state index contributed by atoms with van der Waals surface area (Å²) in [6.45, 7) is 6.56.